The van der Waals surface area contributed by atoms with Crippen molar-refractivity contribution < 1.29 is 15.1 Å². The molecule has 0 aromatic carbocycles. The number of aliphatic hydroxyl groups excluding tert-OH is 1. The van der Waals surface area contributed by atoms with Gasteiger partial charge in [0.1, 0.15) is 5.41 Å². The van der Waals surface area contributed by atoms with Gasteiger partial charge in [-0.05, 0) is 38.5 Å². The summed E-state index contributed by atoms with van der Waals surface area (Å²) in [5.74, 6) is -0.151. The lowest BCUT2D eigenvalue weighted by atomic mass is 9.76. The lowest BCUT2D eigenvalue weighted by Gasteiger charge is -2.34. The molecular weight excluding hydrogens is 270 g/mol. The standard InChI is InChI=1S/C15H29N3O3/c1-3-9-15(10-4-2,13(16)18-21)14(20)17-11-5-7-12(19)8-6-11/h11-12,19,21H,3-10H2,1-2H3,(H2,16,18)(H,17,20). The van der Waals surface area contributed by atoms with Gasteiger partial charge in [-0.3, -0.25) is 4.79 Å². The van der Waals surface area contributed by atoms with Crippen LogP contribution >= 0.6 is 0 Å². The number of hydrogen-bond acceptors (Lipinski definition) is 4. The number of oxime groups is 1. The van der Waals surface area contributed by atoms with E-state index in [1.165, 1.54) is 0 Å². The fourth-order valence-electron chi connectivity index (χ4n) is 3.22. The minimum absolute atomic E-state index is 0.000422. The zero-order chi connectivity index (χ0) is 15.9. The molecule has 21 heavy (non-hydrogen) atoms. The molecule has 1 rings (SSSR count). The van der Waals surface area contributed by atoms with Crippen LogP contribution in [0.3, 0.4) is 0 Å². The van der Waals surface area contributed by atoms with E-state index < -0.39 is 5.41 Å². The zero-order valence-corrected chi connectivity index (χ0v) is 13.1. The van der Waals surface area contributed by atoms with E-state index >= 15 is 0 Å². The zero-order valence-electron chi connectivity index (χ0n) is 13.1. The van der Waals surface area contributed by atoms with Gasteiger partial charge >= 0.3 is 0 Å². The molecule has 6 nitrogen and oxygen atoms in total. The molecule has 0 bridgehead atoms. The maximum Gasteiger partial charge on any atom is 0.234 e. The maximum atomic E-state index is 12.7. The Morgan fingerprint density at radius 3 is 2.19 bits per heavy atom. The van der Waals surface area contributed by atoms with Crippen molar-refractivity contribution in [3.05, 3.63) is 0 Å². The highest BCUT2D eigenvalue weighted by Crippen LogP contribution is 2.31. The Kier molecular flexibility index (Phi) is 6.95. The van der Waals surface area contributed by atoms with E-state index in [9.17, 15) is 9.90 Å². The van der Waals surface area contributed by atoms with Crippen LogP contribution in [-0.4, -0.2) is 34.2 Å². The molecule has 1 amide bonds. The molecule has 0 saturated heterocycles. The Balaban J connectivity index is 2.83. The van der Waals surface area contributed by atoms with Gasteiger partial charge in [-0.25, -0.2) is 0 Å². The summed E-state index contributed by atoms with van der Waals surface area (Å²) in [6, 6.07) is 0.0699. The summed E-state index contributed by atoms with van der Waals surface area (Å²) in [6.45, 7) is 3.97. The van der Waals surface area contributed by atoms with Crippen LogP contribution in [0, 0.1) is 5.41 Å². The smallest absolute Gasteiger partial charge is 0.234 e. The Bertz CT molecular complexity index is 357. The Labute approximate surface area is 126 Å². The lowest BCUT2D eigenvalue weighted by molar-refractivity contribution is -0.129. The van der Waals surface area contributed by atoms with Gasteiger partial charge in [0.05, 0.1) is 6.10 Å². The number of nitrogens with two attached hydrogens (primary N) is 1. The van der Waals surface area contributed by atoms with E-state index in [0.717, 1.165) is 25.7 Å². The van der Waals surface area contributed by atoms with Gasteiger partial charge in [0.2, 0.25) is 5.91 Å². The average Bonchev–Trinajstić information content (AvgIpc) is 2.48. The highest BCUT2D eigenvalue weighted by molar-refractivity contribution is 6.06. The van der Waals surface area contributed by atoms with Gasteiger partial charge in [0.15, 0.2) is 5.84 Å². The second-order valence-electron chi connectivity index (χ2n) is 6.05. The molecule has 0 radical (unpaired) electrons. The Morgan fingerprint density at radius 2 is 1.76 bits per heavy atom. The van der Waals surface area contributed by atoms with Crippen LogP contribution in [0.5, 0.6) is 0 Å². The highest BCUT2D eigenvalue weighted by Gasteiger charge is 2.42. The van der Waals surface area contributed by atoms with E-state index in [-0.39, 0.29) is 23.9 Å². The van der Waals surface area contributed by atoms with Gasteiger partial charge < -0.3 is 21.4 Å². The van der Waals surface area contributed by atoms with Crippen molar-refractivity contribution in [3.63, 3.8) is 0 Å². The molecule has 6 heteroatoms. The molecule has 0 heterocycles. The fraction of sp³-hybridized carbons (Fsp3) is 0.867. The van der Waals surface area contributed by atoms with Gasteiger partial charge in [-0.1, -0.05) is 31.8 Å². The number of carbonyl (C=O) groups is 1. The molecule has 0 atom stereocenters. The molecule has 1 saturated carbocycles. The van der Waals surface area contributed by atoms with Crippen LogP contribution in [0.4, 0.5) is 0 Å². The summed E-state index contributed by atoms with van der Waals surface area (Å²) in [7, 11) is 0. The number of aliphatic hydroxyl groups is 1. The van der Waals surface area contributed by atoms with Gasteiger partial charge in [0.25, 0.3) is 0 Å². The molecular formula is C15H29N3O3. The lowest BCUT2D eigenvalue weighted by Crippen LogP contribution is -2.53. The Morgan fingerprint density at radius 1 is 1.24 bits per heavy atom. The monoisotopic (exact) mass is 299 g/mol. The third-order valence-electron chi connectivity index (χ3n) is 4.42. The van der Waals surface area contributed by atoms with Crippen LogP contribution < -0.4 is 11.1 Å². The number of nitrogens with one attached hydrogen (secondary N) is 1. The Hall–Kier alpha value is -1.30. The molecule has 122 valence electrons. The largest absolute Gasteiger partial charge is 0.409 e. The summed E-state index contributed by atoms with van der Waals surface area (Å²) >= 11 is 0. The second-order valence-corrected chi connectivity index (χ2v) is 6.05. The van der Waals surface area contributed by atoms with Crippen molar-refractivity contribution in [1.29, 1.82) is 0 Å². The topological polar surface area (TPSA) is 108 Å². The molecule has 1 aliphatic carbocycles. The quantitative estimate of drug-likeness (QED) is 0.248. The molecule has 0 aliphatic heterocycles. The van der Waals surface area contributed by atoms with Crippen LogP contribution in [-0.2, 0) is 4.79 Å². The number of amidine groups is 1. The predicted molar refractivity (Wildman–Crippen MR) is 82.1 cm³/mol. The first kappa shape index (κ1) is 17.8. The fourth-order valence-corrected chi connectivity index (χ4v) is 3.22. The SMILES string of the molecule is CCCC(CCC)(C(=O)NC1CCC(O)CC1)C(N)=NO. The second kappa shape index (κ2) is 8.22. The van der Waals surface area contributed by atoms with Gasteiger partial charge in [-0.2, -0.15) is 0 Å². The third kappa shape index (κ3) is 4.33. The van der Waals surface area contributed by atoms with Crippen molar-refractivity contribution in [2.75, 3.05) is 0 Å². The number of rotatable bonds is 7. The van der Waals surface area contributed by atoms with Crippen molar-refractivity contribution in [1.82, 2.24) is 5.32 Å². The summed E-state index contributed by atoms with van der Waals surface area (Å²) in [5, 5.41) is 24.8. The number of nitrogens with zero attached hydrogens (tertiary/aromatic N) is 1. The van der Waals surface area contributed by atoms with Crippen molar-refractivity contribution in [3.8, 4) is 0 Å². The molecule has 1 aliphatic rings. The molecule has 0 aromatic rings. The van der Waals surface area contributed by atoms with Gasteiger partial charge in [-0.15, -0.1) is 0 Å². The van der Waals surface area contributed by atoms with Gasteiger partial charge in [0, 0.05) is 6.04 Å². The van der Waals surface area contributed by atoms with Crippen molar-refractivity contribution in [2.45, 2.75) is 77.4 Å². The average molecular weight is 299 g/mol. The molecule has 1 fully saturated rings. The minimum atomic E-state index is -0.922. The third-order valence-corrected chi connectivity index (χ3v) is 4.42. The minimum Gasteiger partial charge on any atom is -0.409 e. The molecule has 5 N–H and O–H groups in total. The molecule has 0 aromatic heterocycles. The first-order chi connectivity index (χ1) is 10.00. The summed E-state index contributed by atoms with van der Waals surface area (Å²) in [4.78, 5) is 12.7. The van der Waals surface area contributed by atoms with Crippen LogP contribution in [0.15, 0.2) is 5.16 Å². The van der Waals surface area contributed by atoms with Crippen LogP contribution in [0.2, 0.25) is 0 Å². The van der Waals surface area contributed by atoms with E-state index in [4.69, 9.17) is 10.9 Å². The summed E-state index contributed by atoms with van der Waals surface area (Å²) in [6.07, 6.45) is 5.43. The first-order valence-electron chi connectivity index (χ1n) is 7.97. The van der Waals surface area contributed by atoms with Crippen LogP contribution in [0.25, 0.3) is 0 Å². The summed E-state index contributed by atoms with van der Waals surface area (Å²) < 4.78 is 0. The molecule has 0 unspecified atom stereocenters. The van der Waals surface area contributed by atoms with E-state index in [2.05, 4.69) is 10.5 Å². The first-order valence-corrected chi connectivity index (χ1v) is 7.97. The normalized spacial score (nSPS) is 23.9. The predicted octanol–water partition coefficient (Wildman–Crippen LogP) is 1.74. The van der Waals surface area contributed by atoms with E-state index in [1.54, 1.807) is 0 Å². The summed E-state index contributed by atoms with van der Waals surface area (Å²) in [5.41, 5.74) is 4.93. The van der Waals surface area contributed by atoms with E-state index in [0.29, 0.717) is 25.7 Å². The van der Waals surface area contributed by atoms with Crippen molar-refractivity contribution >= 4 is 11.7 Å². The number of amides is 1. The maximum absolute atomic E-state index is 12.7. The number of hydrogen-bond donors (Lipinski definition) is 4. The number of carbonyl (C=O) groups excluding carboxylic acids is 1. The van der Waals surface area contributed by atoms with Crippen molar-refractivity contribution in [2.24, 2.45) is 16.3 Å². The molecule has 0 spiro atoms. The highest BCUT2D eigenvalue weighted by atomic mass is 16.4. The van der Waals surface area contributed by atoms with Crippen LogP contribution in [0.1, 0.15) is 65.2 Å². The van der Waals surface area contributed by atoms with E-state index in [1.807, 2.05) is 13.8 Å².